The number of amides is 1. The lowest BCUT2D eigenvalue weighted by Crippen LogP contribution is -2.48. The predicted molar refractivity (Wildman–Crippen MR) is 90.4 cm³/mol. The van der Waals surface area contributed by atoms with Gasteiger partial charge in [-0.3, -0.25) is 4.79 Å². The molecule has 0 radical (unpaired) electrons. The zero-order valence-corrected chi connectivity index (χ0v) is 13.2. The van der Waals surface area contributed by atoms with Crippen molar-refractivity contribution < 1.29 is 4.79 Å². The molecule has 3 nitrogen and oxygen atoms in total. The molecule has 2 aliphatic heterocycles. The second-order valence-corrected chi connectivity index (χ2v) is 6.49. The number of hydrogen-bond acceptors (Lipinski definition) is 2. The summed E-state index contributed by atoms with van der Waals surface area (Å²) in [5, 5.41) is 3.65. The quantitative estimate of drug-likeness (QED) is 0.870. The molecule has 0 bridgehead atoms. The van der Waals surface area contributed by atoms with Crippen molar-refractivity contribution >= 4 is 12.0 Å². The summed E-state index contributed by atoms with van der Waals surface area (Å²) in [6.45, 7) is 2.96. The van der Waals surface area contributed by atoms with Crippen molar-refractivity contribution in [1.29, 1.82) is 0 Å². The summed E-state index contributed by atoms with van der Waals surface area (Å²) in [5.41, 5.74) is 1.08. The Hall–Kier alpha value is -1.61. The molecule has 2 heterocycles. The van der Waals surface area contributed by atoms with Crippen molar-refractivity contribution in [2.24, 2.45) is 5.92 Å². The van der Waals surface area contributed by atoms with Crippen molar-refractivity contribution in [2.75, 3.05) is 19.6 Å². The summed E-state index contributed by atoms with van der Waals surface area (Å²) in [5.74, 6) is 0.785. The number of carbonyl (C=O) groups excluding carboxylic acids is 1. The standard InChI is InChI=1S/C19H26N2O/c22-19(12-11-16-7-2-1-3-8-16)21-14-6-9-17(15-21)18-10-4-5-13-20-18/h1-3,7-8,11-12,17-18,20H,4-6,9-10,13-15H2/t17-,18+/m0/s1. The Morgan fingerprint density at radius 3 is 2.77 bits per heavy atom. The molecule has 118 valence electrons. The van der Waals surface area contributed by atoms with E-state index in [1.807, 2.05) is 41.3 Å². The highest BCUT2D eigenvalue weighted by molar-refractivity contribution is 5.91. The average molecular weight is 298 g/mol. The first-order valence-electron chi connectivity index (χ1n) is 8.58. The first-order valence-corrected chi connectivity index (χ1v) is 8.58. The van der Waals surface area contributed by atoms with Crippen molar-refractivity contribution in [3.05, 3.63) is 42.0 Å². The Bertz CT molecular complexity index is 505. The molecule has 0 aliphatic carbocycles. The van der Waals surface area contributed by atoms with Gasteiger partial charge in [-0.2, -0.15) is 0 Å². The van der Waals surface area contributed by atoms with Crippen LogP contribution in [0.1, 0.15) is 37.7 Å². The van der Waals surface area contributed by atoms with E-state index in [0.29, 0.717) is 12.0 Å². The van der Waals surface area contributed by atoms with Gasteiger partial charge in [-0.05, 0) is 49.8 Å². The highest BCUT2D eigenvalue weighted by atomic mass is 16.2. The van der Waals surface area contributed by atoms with E-state index in [1.165, 1.54) is 25.7 Å². The van der Waals surface area contributed by atoms with Crippen LogP contribution in [0.3, 0.4) is 0 Å². The van der Waals surface area contributed by atoms with Gasteiger partial charge < -0.3 is 10.2 Å². The number of rotatable bonds is 3. The monoisotopic (exact) mass is 298 g/mol. The first-order chi connectivity index (χ1) is 10.8. The maximum atomic E-state index is 12.4. The van der Waals surface area contributed by atoms with Gasteiger partial charge in [0.15, 0.2) is 0 Å². The fourth-order valence-corrected chi connectivity index (χ4v) is 3.66. The van der Waals surface area contributed by atoms with Crippen LogP contribution < -0.4 is 5.32 Å². The van der Waals surface area contributed by atoms with E-state index < -0.39 is 0 Å². The van der Waals surface area contributed by atoms with Crippen LogP contribution in [0.15, 0.2) is 36.4 Å². The molecule has 1 N–H and O–H groups in total. The fraction of sp³-hybridized carbons (Fsp3) is 0.526. The number of likely N-dealkylation sites (tertiary alicyclic amines) is 1. The third-order valence-electron chi connectivity index (χ3n) is 4.90. The normalized spacial score (nSPS) is 26.3. The molecule has 2 saturated heterocycles. The van der Waals surface area contributed by atoms with Gasteiger partial charge in [-0.1, -0.05) is 36.8 Å². The largest absolute Gasteiger partial charge is 0.339 e. The highest BCUT2D eigenvalue weighted by Gasteiger charge is 2.29. The maximum Gasteiger partial charge on any atom is 0.246 e. The Kier molecular flexibility index (Phi) is 5.28. The average Bonchev–Trinajstić information content (AvgIpc) is 2.61. The number of carbonyl (C=O) groups is 1. The van der Waals surface area contributed by atoms with Gasteiger partial charge in [-0.15, -0.1) is 0 Å². The number of nitrogens with zero attached hydrogens (tertiary/aromatic N) is 1. The number of benzene rings is 1. The zero-order chi connectivity index (χ0) is 15.2. The van der Waals surface area contributed by atoms with E-state index in [9.17, 15) is 4.79 Å². The Balaban J connectivity index is 1.57. The first kappa shape index (κ1) is 15.3. The van der Waals surface area contributed by atoms with Crippen LogP contribution in [-0.2, 0) is 4.79 Å². The minimum atomic E-state index is 0.157. The molecule has 0 aromatic heterocycles. The van der Waals surface area contributed by atoms with Gasteiger partial charge in [0, 0.05) is 25.2 Å². The van der Waals surface area contributed by atoms with Crippen molar-refractivity contribution in [3.8, 4) is 0 Å². The summed E-state index contributed by atoms with van der Waals surface area (Å²) in [6.07, 6.45) is 9.93. The van der Waals surface area contributed by atoms with Crippen LogP contribution in [0.5, 0.6) is 0 Å². The third kappa shape index (κ3) is 3.98. The molecule has 2 fully saturated rings. The minimum Gasteiger partial charge on any atom is -0.339 e. The summed E-state index contributed by atoms with van der Waals surface area (Å²) >= 11 is 0. The molecule has 0 spiro atoms. The number of nitrogens with one attached hydrogen (secondary N) is 1. The minimum absolute atomic E-state index is 0.157. The van der Waals surface area contributed by atoms with Gasteiger partial charge >= 0.3 is 0 Å². The van der Waals surface area contributed by atoms with Crippen molar-refractivity contribution in [3.63, 3.8) is 0 Å². The zero-order valence-electron chi connectivity index (χ0n) is 13.2. The van der Waals surface area contributed by atoms with E-state index in [0.717, 1.165) is 31.6 Å². The molecule has 2 aliphatic rings. The molecule has 1 amide bonds. The Morgan fingerprint density at radius 2 is 2.00 bits per heavy atom. The Morgan fingerprint density at radius 1 is 1.14 bits per heavy atom. The third-order valence-corrected chi connectivity index (χ3v) is 4.90. The van der Waals surface area contributed by atoms with Crippen LogP contribution in [0, 0.1) is 5.92 Å². The van der Waals surface area contributed by atoms with E-state index in [1.54, 1.807) is 6.08 Å². The number of piperidine rings is 2. The molecular formula is C19H26N2O. The van der Waals surface area contributed by atoms with Crippen LogP contribution >= 0.6 is 0 Å². The van der Waals surface area contributed by atoms with E-state index in [2.05, 4.69) is 5.32 Å². The fourth-order valence-electron chi connectivity index (χ4n) is 3.66. The second kappa shape index (κ2) is 7.59. The molecule has 22 heavy (non-hydrogen) atoms. The molecule has 3 rings (SSSR count). The van der Waals surface area contributed by atoms with Crippen LogP contribution in [0.2, 0.25) is 0 Å². The molecule has 0 unspecified atom stereocenters. The molecule has 0 saturated carbocycles. The lowest BCUT2D eigenvalue weighted by atomic mass is 9.86. The van der Waals surface area contributed by atoms with E-state index in [-0.39, 0.29) is 5.91 Å². The lowest BCUT2D eigenvalue weighted by molar-refractivity contribution is -0.128. The van der Waals surface area contributed by atoms with Crippen LogP contribution in [0.4, 0.5) is 0 Å². The SMILES string of the molecule is O=C(C=Cc1ccccc1)N1CCC[C@H]([C@H]2CCCCN2)C1. The van der Waals surface area contributed by atoms with E-state index >= 15 is 0 Å². The van der Waals surface area contributed by atoms with Gasteiger partial charge in [0.25, 0.3) is 0 Å². The van der Waals surface area contributed by atoms with Crippen LogP contribution in [0.25, 0.3) is 6.08 Å². The molecule has 2 atom stereocenters. The van der Waals surface area contributed by atoms with Crippen molar-refractivity contribution in [1.82, 2.24) is 10.2 Å². The molecule has 1 aromatic carbocycles. The van der Waals surface area contributed by atoms with Gasteiger partial charge in [0.05, 0.1) is 0 Å². The second-order valence-electron chi connectivity index (χ2n) is 6.49. The summed E-state index contributed by atoms with van der Waals surface area (Å²) in [4.78, 5) is 14.5. The predicted octanol–water partition coefficient (Wildman–Crippen LogP) is 3.08. The highest BCUT2D eigenvalue weighted by Crippen LogP contribution is 2.24. The van der Waals surface area contributed by atoms with Crippen LogP contribution in [-0.4, -0.2) is 36.5 Å². The van der Waals surface area contributed by atoms with Crippen molar-refractivity contribution in [2.45, 2.75) is 38.1 Å². The lowest BCUT2D eigenvalue weighted by Gasteiger charge is -2.38. The molecular weight excluding hydrogens is 272 g/mol. The summed E-state index contributed by atoms with van der Waals surface area (Å²) in [7, 11) is 0. The maximum absolute atomic E-state index is 12.4. The number of hydrogen-bond donors (Lipinski definition) is 1. The van der Waals surface area contributed by atoms with Gasteiger partial charge in [0.2, 0.25) is 5.91 Å². The van der Waals surface area contributed by atoms with Gasteiger partial charge in [0.1, 0.15) is 0 Å². The summed E-state index contributed by atoms with van der Waals surface area (Å²) < 4.78 is 0. The topological polar surface area (TPSA) is 32.3 Å². The van der Waals surface area contributed by atoms with Gasteiger partial charge in [-0.25, -0.2) is 0 Å². The molecule has 3 heteroatoms. The van der Waals surface area contributed by atoms with E-state index in [4.69, 9.17) is 0 Å². The summed E-state index contributed by atoms with van der Waals surface area (Å²) in [6, 6.07) is 10.6. The Labute approximate surface area is 133 Å². The molecule has 1 aromatic rings. The smallest absolute Gasteiger partial charge is 0.246 e.